The first-order chi connectivity index (χ1) is 28.3. The third-order valence-electron chi connectivity index (χ3n) is 11.2. The van der Waals surface area contributed by atoms with Crippen molar-refractivity contribution in [1.82, 2.24) is 4.57 Å². The first-order valence-corrected chi connectivity index (χ1v) is 20.2. The molecule has 11 rings (SSSR count). The van der Waals surface area contributed by atoms with Crippen molar-refractivity contribution in [2.75, 3.05) is 4.90 Å². The molecule has 0 aliphatic heterocycles. The van der Waals surface area contributed by atoms with Crippen molar-refractivity contribution in [3.63, 3.8) is 0 Å². The van der Waals surface area contributed by atoms with E-state index in [-0.39, 0.29) is 0 Å². The molecular formula is C54H36N2S. The minimum absolute atomic E-state index is 1.11. The minimum atomic E-state index is 1.11. The third-order valence-corrected chi connectivity index (χ3v) is 12.5. The van der Waals surface area contributed by atoms with Crippen LogP contribution in [0.15, 0.2) is 218 Å². The van der Waals surface area contributed by atoms with Crippen LogP contribution in [0.5, 0.6) is 0 Å². The highest BCUT2D eigenvalue weighted by Crippen LogP contribution is 2.46. The van der Waals surface area contributed by atoms with E-state index in [1.165, 1.54) is 81.0 Å². The van der Waals surface area contributed by atoms with Crippen molar-refractivity contribution in [2.45, 2.75) is 0 Å². The Morgan fingerprint density at radius 2 is 0.877 bits per heavy atom. The van der Waals surface area contributed by atoms with E-state index in [1.807, 2.05) is 11.3 Å². The molecule has 0 saturated carbocycles. The average molecular weight is 745 g/mol. The molecule has 57 heavy (non-hydrogen) atoms. The zero-order valence-corrected chi connectivity index (χ0v) is 31.9. The molecule has 0 N–H and O–H groups in total. The first kappa shape index (κ1) is 33.2. The standard InChI is InChI=1S/C54H36N2S/c1-3-12-37(13-4-1)39-24-30-45(31-25-39)55(46-32-26-40(27-33-46)43-23-22-38-14-7-8-15-42(38)36-43)47-34-28-41(29-35-47)48-19-11-20-50-52-54(57-53(48)50)49-18-9-10-21-51(49)56(52)44-16-5-2-6-17-44/h1-36H. The summed E-state index contributed by atoms with van der Waals surface area (Å²) in [6.07, 6.45) is 0. The number of nitrogens with zero attached hydrogens (tertiary/aromatic N) is 2. The molecule has 0 radical (unpaired) electrons. The van der Waals surface area contributed by atoms with Gasteiger partial charge in [-0.1, -0.05) is 158 Å². The molecule has 0 spiro atoms. The fourth-order valence-electron chi connectivity index (χ4n) is 8.41. The highest BCUT2D eigenvalue weighted by molar-refractivity contribution is 7.27. The SMILES string of the molecule is c1ccc(-c2ccc(N(c3ccc(-c4ccc5ccccc5c4)cc3)c3ccc(-c4cccc5c4sc4c6ccccc6n(-c6ccccc6)c54)cc3)cc2)cc1. The fraction of sp³-hybridized carbons (Fsp3) is 0. The summed E-state index contributed by atoms with van der Waals surface area (Å²) in [4.78, 5) is 2.36. The van der Waals surface area contributed by atoms with E-state index >= 15 is 0 Å². The molecule has 0 unspecified atom stereocenters. The zero-order chi connectivity index (χ0) is 37.7. The van der Waals surface area contributed by atoms with E-state index in [9.17, 15) is 0 Å². The Kier molecular flexibility index (Phi) is 8.04. The molecule has 0 fully saturated rings. The van der Waals surface area contributed by atoms with Gasteiger partial charge in [-0.3, -0.25) is 0 Å². The molecule has 2 heterocycles. The summed E-state index contributed by atoms with van der Waals surface area (Å²) in [5, 5.41) is 5.08. The molecule has 0 saturated heterocycles. The minimum Gasteiger partial charge on any atom is -0.311 e. The van der Waals surface area contributed by atoms with Gasteiger partial charge in [0.05, 0.1) is 15.7 Å². The van der Waals surface area contributed by atoms with Gasteiger partial charge >= 0.3 is 0 Å². The number of hydrogen-bond acceptors (Lipinski definition) is 2. The average Bonchev–Trinajstić information content (AvgIpc) is 3.83. The molecule has 9 aromatic carbocycles. The molecule has 11 aromatic rings. The molecule has 0 amide bonds. The molecule has 0 atom stereocenters. The smallest absolute Gasteiger partial charge is 0.0727 e. The highest BCUT2D eigenvalue weighted by Gasteiger charge is 2.20. The first-order valence-electron chi connectivity index (χ1n) is 19.4. The summed E-state index contributed by atoms with van der Waals surface area (Å²) in [6, 6.07) is 79.1. The van der Waals surface area contributed by atoms with E-state index in [4.69, 9.17) is 0 Å². The number of fused-ring (bicyclic) bond motifs is 6. The van der Waals surface area contributed by atoms with Gasteiger partial charge in [0.25, 0.3) is 0 Å². The Morgan fingerprint density at radius 3 is 1.58 bits per heavy atom. The lowest BCUT2D eigenvalue weighted by Gasteiger charge is -2.26. The van der Waals surface area contributed by atoms with Crippen LogP contribution in [0.3, 0.4) is 0 Å². The molecule has 3 heteroatoms. The van der Waals surface area contributed by atoms with E-state index in [1.54, 1.807) is 0 Å². The maximum atomic E-state index is 2.43. The van der Waals surface area contributed by atoms with Crippen LogP contribution in [0, 0.1) is 0 Å². The zero-order valence-electron chi connectivity index (χ0n) is 31.1. The van der Waals surface area contributed by atoms with Gasteiger partial charge in [-0.05, 0) is 105 Å². The second kappa shape index (κ2) is 13.8. The van der Waals surface area contributed by atoms with Crippen LogP contribution in [-0.2, 0) is 0 Å². The Bertz CT molecular complexity index is 3200. The van der Waals surface area contributed by atoms with Crippen molar-refractivity contribution < 1.29 is 0 Å². The molecule has 0 aliphatic carbocycles. The maximum Gasteiger partial charge on any atom is 0.0727 e. The quantitative estimate of drug-likeness (QED) is 0.158. The summed E-state index contributed by atoms with van der Waals surface area (Å²) < 4.78 is 5.07. The number of thiophene rings is 1. The molecule has 0 aliphatic rings. The highest BCUT2D eigenvalue weighted by atomic mass is 32.1. The van der Waals surface area contributed by atoms with E-state index < -0.39 is 0 Å². The van der Waals surface area contributed by atoms with Gasteiger partial charge in [0.2, 0.25) is 0 Å². The lowest BCUT2D eigenvalue weighted by atomic mass is 10.0. The topological polar surface area (TPSA) is 8.17 Å². The number of aromatic nitrogens is 1. The van der Waals surface area contributed by atoms with Gasteiger partial charge in [0, 0.05) is 38.2 Å². The summed E-state index contributed by atoms with van der Waals surface area (Å²) >= 11 is 1.90. The van der Waals surface area contributed by atoms with Crippen molar-refractivity contribution in [3.8, 4) is 39.1 Å². The Hall–Kier alpha value is -7.20. The summed E-state index contributed by atoms with van der Waals surface area (Å²) in [5.74, 6) is 0. The number of para-hydroxylation sites is 2. The molecule has 0 bridgehead atoms. The van der Waals surface area contributed by atoms with Crippen molar-refractivity contribution in [1.29, 1.82) is 0 Å². The van der Waals surface area contributed by atoms with Crippen LogP contribution < -0.4 is 4.90 Å². The monoisotopic (exact) mass is 744 g/mol. The Balaban J connectivity index is 1.00. The van der Waals surface area contributed by atoms with Gasteiger partial charge in [-0.2, -0.15) is 0 Å². The fourth-order valence-corrected chi connectivity index (χ4v) is 9.76. The lowest BCUT2D eigenvalue weighted by molar-refractivity contribution is 1.19. The maximum absolute atomic E-state index is 2.43. The number of hydrogen-bond donors (Lipinski definition) is 0. The van der Waals surface area contributed by atoms with Crippen LogP contribution in [-0.4, -0.2) is 4.57 Å². The van der Waals surface area contributed by atoms with Crippen molar-refractivity contribution in [3.05, 3.63) is 218 Å². The molecule has 2 nitrogen and oxygen atoms in total. The van der Waals surface area contributed by atoms with E-state index in [2.05, 4.69) is 228 Å². The summed E-state index contributed by atoms with van der Waals surface area (Å²) in [5.41, 5.74) is 14.3. The van der Waals surface area contributed by atoms with Gasteiger partial charge < -0.3 is 9.47 Å². The number of rotatable bonds is 7. The predicted octanol–water partition coefficient (Wildman–Crippen LogP) is 15.6. The van der Waals surface area contributed by atoms with Crippen LogP contribution >= 0.6 is 11.3 Å². The van der Waals surface area contributed by atoms with Crippen LogP contribution in [0.2, 0.25) is 0 Å². The van der Waals surface area contributed by atoms with Crippen LogP contribution in [0.4, 0.5) is 17.1 Å². The Labute approximate surface area is 335 Å². The van der Waals surface area contributed by atoms with Crippen molar-refractivity contribution in [2.24, 2.45) is 0 Å². The van der Waals surface area contributed by atoms with Crippen molar-refractivity contribution >= 4 is 70.4 Å². The molecular weight excluding hydrogens is 709 g/mol. The van der Waals surface area contributed by atoms with E-state index in [0.29, 0.717) is 0 Å². The number of benzene rings is 9. The largest absolute Gasteiger partial charge is 0.311 e. The van der Waals surface area contributed by atoms with E-state index in [0.717, 1.165) is 17.1 Å². The second-order valence-corrected chi connectivity index (χ2v) is 15.6. The van der Waals surface area contributed by atoms with Crippen LogP contribution in [0.25, 0.3) is 81.0 Å². The van der Waals surface area contributed by atoms with Gasteiger partial charge in [0.15, 0.2) is 0 Å². The third kappa shape index (κ3) is 5.80. The molecule has 2 aromatic heterocycles. The number of anilines is 3. The van der Waals surface area contributed by atoms with Gasteiger partial charge in [-0.15, -0.1) is 11.3 Å². The van der Waals surface area contributed by atoms with Gasteiger partial charge in [-0.25, -0.2) is 0 Å². The lowest BCUT2D eigenvalue weighted by Crippen LogP contribution is -2.09. The normalized spacial score (nSPS) is 11.5. The summed E-state index contributed by atoms with van der Waals surface area (Å²) in [7, 11) is 0. The van der Waals surface area contributed by atoms with Gasteiger partial charge in [0.1, 0.15) is 0 Å². The predicted molar refractivity (Wildman–Crippen MR) is 245 cm³/mol. The second-order valence-electron chi connectivity index (χ2n) is 14.6. The summed E-state index contributed by atoms with van der Waals surface area (Å²) in [6.45, 7) is 0. The molecule has 268 valence electrons. The Morgan fingerprint density at radius 1 is 0.351 bits per heavy atom. The van der Waals surface area contributed by atoms with Crippen LogP contribution in [0.1, 0.15) is 0 Å².